The molecule has 0 unspecified atom stereocenters. The van der Waals surface area contributed by atoms with Gasteiger partial charge in [-0.3, -0.25) is 0 Å². The van der Waals surface area contributed by atoms with Gasteiger partial charge in [0.05, 0.1) is 35.3 Å². The van der Waals surface area contributed by atoms with Gasteiger partial charge in [0.2, 0.25) is 11.8 Å². The standard InChI is InChI=1S/C21H24N4O2/c1-24-12-10-16-18(24)6-8-20(22-16)26-14-4-3-5-15-27-21-9-7-19-17(23-21)11-13-25(19)2/h6-13H,3-5,14-15H2,1-2H3. The highest BCUT2D eigenvalue weighted by Gasteiger charge is 2.03. The van der Waals surface area contributed by atoms with Crippen LogP contribution in [0.2, 0.25) is 0 Å². The quantitative estimate of drug-likeness (QED) is 0.442. The predicted molar refractivity (Wildman–Crippen MR) is 106 cm³/mol. The van der Waals surface area contributed by atoms with E-state index in [0.717, 1.165) is 41.3 Å². The van der Waals surface area contributed by atoms with Crippen LogP contribution in [0.4, 0.5) is 0 Å². The Kier molecular flexibility index (Phi) is 4.96. The van der Waals surface area contributed by atoms with Crippen molar-refractivity contribution in [3.05, 3.63) is 48.8 Å². The Hall–Kier alpha value is -3.02. The average Bonchev–Trinajstić information content (AvgIpc) is 3.23. The molecule has 0 N–H and O–H groups in total. The van der Waals surface area contributed by atoms with Crippen molar-refractivity contribution in [3.63, 3.8) is 0 Å². The minimum atomic E-state index is 0.666. The minimum absolute atomic E-state index is 0.666. The number of hydrogen-bond donors (Lipinski definition) is 0. The molecule has 0 fully saturated rings. The number of pyridine rings is 2. The van der Waals surface area contributed by atoms with Crippen molar-refractivity contribution in [2.75, 3.05) is 13.2 Å². The Balaban J connectivity index is 1.16. The molecule has 0 aliphatic heterocycles. The normalized spacial score (nSPS) is 11.3. The first-order chi connectivity index (χ1) is 13.2. The smallest absolute Gasteiger partial charge is 0.213 e. The van der Waals surface area contributed by atoms with Crippen LogP contribution in [0.1, 0.15) is 19.3 Å². The molecule has 0 atom stereocenters. The van der Waals surface area contributed by atoms with Crippen LogP contribution in [-0.4, -0.2) is 32.3 Å². The second kappa shape index (κ2) is 7.70. The van der Waals surface area contributed by atoms with Gasteiger partial charge in [0, 0.05) is 38.6 Å². The summed E-state index contributed by atoms with van der Waals surface area (Å²) in [5.41, 5.74) is 4.15. The molecule has 140 valence electrons. The van der Waals surface area contributed by atoms with Crippen molar-refractivity contribution < 1.29 is 9.47 Å². The van der Waals surface area contributed by atoms with Crippen molar-refractivity contribution in [2.24, 2.45) is 14.1 Å². The van der Waals surface area contributed by atoms with Crippen LogP contribution in [0.25, 0.3) is 22.1 Å². The maximum atomic E-state index is 5.76. The summed E-state index contributed by atoms with van der Waals surface area (Å²) in [6, 6.07) is 11.9. The molecule has 4 aromatic rings. The molecule has 4 aromatic heterocycles. The Bertz CT molecular complexity index is 967. The summed E-state index contributed by atoms with van der Waals surface area (Å²) in [4.78, 5) is 9.04. The van der Waals surface area contributed by atoms with Gasteiger partial charge in [-0.15, -0.1) is 0 Å². The van der Waals surface area contributed by atoms with Gasteiger partial charge in [-0.1, -0.05) is 0 Å². The number of ether oxygens (including phenoxy) is 2. The van der Waals surface area contributed by atoms with E-state index >= 15 is 0 Å². The number of unbranched alkanes of at least 4 members (excludes halogenated alkanes) is 2. The Morgan fingerprint density at radius 3 is 1.63 bits per heavy atom. The lowest BCUT2D eigenvalue weighted by Gasteiger charge is -2.07. The van der Waals surface area contributed by atoms with E-state index in [1.807, 2.05) is 62.9 Å². The van der Waals surface area contributed by atoms with Crippen molar-refractivity contribution >= 4 is 22.1 Å². The molecule has 0 aromatic carbocycles. The van der Waals surface area contributed by atoms with E-state index in [2.05, 4.69) is 19.1 Å². The molecule has 27 heavy (non-hydrogen) atoms. The van der Waals surface area contributed by atoms with Crippen LogP contribution < -0.4 is 9.47 Å². The van der Waals surface area contributed by atoms with Crippen molar-refractivity contribution in [3.8, 4) is 11.8 Å². The third-order valence-electron chi connectivity index (χ3n) is 4.71. The number of fused-ring (bicyclic) bond motifs is 2. The molecule has 6 heteroatoms. The van der Waals surface area contributed by atoms with Crippen LogP contribution in [0, 0.1) is 0 Å². The molecule has 0 spiro atoms. The first-order valence-electron chi connectivity index (χ1n) is 9.30. The molecule has 0 bridgehead atoms. The zero-order valence-corrected chi connectivity index (χ0v) is 15.8. The van der Waals surface area contributed by atoms with E-state index in [1.165, 1.54) is 0 Å². The average molecular weight is 364 g/mol. The van der Waals surface area contributed by atoms with E-state index < -0.39 is 0 Å². The second-order valence-electron chi connectivity index (χ2n) is 6.72. The summed E-state index contributed by atoms with van der Waals surface area (Å²) in [7, 11) is 4.03. The fraction of sp³-hybridized carbons (Fsp3) is 0.333. The number of nitrogens with zero attached hydrogens (tertiary/aromatic N) is 4. The summed E-state index contributed by atoms with van der Waals surface area (Å²) >= 11 is 0. The van der Waals surface area contributed by atoms with Crippen LogP contribution in [0.5, 0.6) is 11.8 Å². The Morgan fingerprint density at radius 2 is 1.15 bits per heavy atom. The molecule has 0 radical (unpaired) electrons. The van der Waals surface area contributed by atoms with E-state index in [1.54, 1.807) is 0 Å². The van der Waals surface area contributed by atoms with Crippen LogP contribution >= 0.6 is 0 Å². The molecule has 4 rings (SSSR count). The van der Waals surface area contributed by atoms with Gasteiger partial charge in [0.1, 0.15) is 0 Å². The molecular formula is C21H24N4O2. The monoisotopic (exact) mass is 364 g/mol. The van der Waals surface area contributed by atoms with Crippen molar-refractivity contribution in [2.45, 2.75) is 19.3 Å². The second-order valence-corrected chi connectivity index (χ2v) is 6.72. The van der Waals surface area contributed by atoms with E-state index in [0.29, 0.717) is 25.0 Å². The lowest BCUT2D eigenvalue weighted by Crippen LogP contribution is -2.02. The third kappa shape index (κ3) is 3.89. The molecule has 6 nitrogen and oxygen atoms in total. The lowest BCUT2D eigenvalue weighted by molar-refractivity contribution is 0.270. The molecule has 4 heterocycles. The topological polar surface area (TPSA) is 54.1 Å². The molecule has 0 aliphatic rings. The molecule has 0 aliphatic carbocycles. The highest BCUT2D eigenvalue weighted by atomic mass is 16.5. The van der Waals surface area contributed by atoms with Crippen LogP contribution in [-0.2, 0) is 14.1 Å². The molecular weight excluding hydrogens is 340 g/mol. The largest absolute Gasteiger partial charge is 0.478 e. The SMILES string of the molecule is Cn1ccc2nc(OCCCCCOc3ccc4c(ccn4C)n3)ccc21. The fourth-order valence-corrected chi connectivity index (χ4v) is 3.16. The van der Waals surface area contributed by atoms with Gasteiger partial charge in [0.15, 0.2) is 0 Å². The fourth-order valence-electron chi connectivity index (χ4n) is 3.16. The van der Waals surface area contributed by atoms with Gasteiger partial charge < -0.3 is 18.6 Å². The lowest BCUT2D eigenvalue weighted by atomic mass is 10.2. The Morgan fingerprint density at radius 1 is 0.667 bits per heavy atom. The van der Waals surface area contributed by atoms with Gasteiger partial charge in [-0.25, -0.2) is 9.97 Å². The zero-order valence-electron chi connectivity index (χ0n) is 15.8. The highest BCUT2D eigenvalue weighted by molar-refractivity contribution is 5.76. The maximum absolute atomic E-state index is 5.76. The highest BCUT2D eigenvalue weighted by Crippen LogP contribution is 2.18. The third-order valence-corrected chi connectivity index (χ3v) is 4.71. The van der Waals surface area contributed by atoms with Gasteiger partial charge in [-0.05, 0) is 43.5 Å². The van der Waals surface area contributed by atoms with E-state index in [4.69, 9.17) is 9.47 Å². The van der Waals surface area contributed by atoms with Crippen molar-refractivity contribution in [1.29, 1.82) is 0 Å². The summed E-state index contributed by atoms with van der Waals surface area (Å²) in [6.07, 6.45) is 7.00. The molecule has 0 amide bonds. The minimum Gasteiger partial charge on any atom is -0.478 e. The first kappa shape index (κ1) is 17.4. The van der Waals surface area contributed by atoms with Gasteiger partial charge >= 0.3 is 0 Å². The van der Waals surface area contributed by atoms with E-state index in [-0.39, 0.29) is 0 Å². The summed E-state index contributed by atoms with van der Waals surface area (Å²) in [5.74, 6) is 1.37. The Labute approximate surface area is 158 Å². The van der Waals surface area contributed by atoms with Crippen LogP contribution in [0.3, 0.4) is 0 Å². The number of hydrogen-bond acceptors (Lipinski definition) is 4. The maximum Gasteiger partial charge on any atom is 0.213 e. The number of rotatable bonds is 8. The van der Waals surface area contributed by atoms with E-state index in [9.17, 15) is 0 Å². The number of aryl methyl sites for hydroxylation is 2. The number of aromatic nitrogens is 4. The van der Waals surface area contributed by atoms with Crippen LogP contribution in [0.15, 0.2) is 48.8 Å². The van der Waals surface area contributed by atoms with Gasteiger partial charge in [-0.2, -0.15) is 0 Å². The predicted octanol–water partition coefficient (Wildman–Crippen LogP) is 4.09. The summed E-state index contributed by atoms with van der Waals surface area (Å²) in [5, 5.41) is 0. The zero-order chi connectivity index (χ0) is 18.6. The summed E-state index contributed by atoms with van der Waals surface area (Å²) in [6.45, 7) is 1.33. The molecule has 0 saturated heterocycles. The summed E-state index contributed by atoms with van der Waals surface area (Å²) < 4.78 is 15.6. The first-order valence-corrected chi connectivity index (χ1v) is 9.30. The molecule has 0 saturated carbocycles. The van der Waals surface area contributed by atoms with Gasteiger partial charge in [0.25, 0.3) is 0 Å². The van der Waals surface area contributed by atoms with Crippen molar-refractivity contribution in [1.82, 2.24) is 19.1 Å².